The van der Waals surface area contributed by atoms with Crippen molar-refractivity contribution in [2.45, 2.75) is 39.7 Å². The van der Waals surface area contributed by atoms with E-state index in [1.54, 1.807) is 0 Å². The lowest BCUT2D eigenvalue weighted by Crippen LogP contribution is -2.17. The van der Waals surface area contributed by atoms with Crippen LogP contribution in [0.2, 0.25) is 0 Å². The monoisotopic (exact) mass is 267 g/mol. The van der Waals surface area contributed by atoms with Gasteiger partial charge in [0.05, 0.1) is 6.04 Å². The zero-order valence-electron chi connectivity index (χ0n) is 12.8. The standard InChI is InChI=1S/C19H25N/c1-4-10-16-11-8-9-14-18(16)20-19(15(2)3)17-12-6-5-7-13-17/h5-9,11-15,19-20H,4,10H2,1-3H3. The molecule has 1 heteroatoms. The molecule has 1 unspecified atom stereocenters. The minimum atomic E-state index is 0.356. The van der Waals surface area contributed by atoms with Crippen molar-refractivity contribution in [2.75, 3.05) is 5.32 Å². The summed E-state index contributed by atoms with van der Waals surface area (Å²) in [5.74, 6) is 0.548. The molecule has 1 atom stereocenters. The first kappa shape index (κ1) is 14.6. The lowest BCUT2D eigenvalue weighted by Gasteiger charge is -2.25. The fourth-order valence-corrected chi connectivity index (χ4v) is 2.61. The lowest BCUT2D eigenvalue weighted by molar-refractivity contribution is 0.546. The van der Waals surface area contributed by atoms with Crippen LogP contribution in [-0.2, 0) is 6.42 Å². The molecule has 0 heterocycles. The maximum Gasteiger partial charge on any atom is 0.0536 e. The van der Waals surface area contributed by atoms with E-state index in [0.717, 1.165) is 6.42 Å². The first-order valence-corrected chi connectivity index (χ1v) is 7.61. The van der Waals surface area contributed by atoms with Crippen LogP contribution in [0.1, 0.15) is 44.4 Å². The molecule has 2 aromatic rings. The van der Waals surface area contributed by atoms with E-state index in [1.807, 2.05) is 0 Å². The molecule has 0 aliphatic carbocycles. The average molecular weight is 267 g/mol. The van der Waals surface area contributed by atoms with Crippen LogP contribution in [0.3, 0.4) is 0 Å². The van der Waals surface area contributed by atoms with Gasteiger partial charge >= 0.3 is 0 Å². The fraction of sp³-hybridized carbons (Fsp3) is 0.368. The fourth-order valence-electron chi connectivity index (χ4n) is 2.61. The Hall–Kier alpha value is -1.76. The Morgan fingerprint density at radius 2 is 1.55 bits per heavy atom. The summed E-state index contributed by atoms with van der Waals surface area (Å²) in [4.78, 5) is 0. The average Bonchev–Trinajstić information content (AvgIpc) is 2.47. The van der Waals surface area contributed by atoms with Crippen LogP contribution < -0.4 is 5.32 Å². The number of hydrogen-bond donors (Lipinski definition) is 1. The van der Waals surface area contributed by atoms with Gasteiger partial charge in [0.15, 0.2) is 0 Å². The number of hydrogen-bond acceptors (Lipinski definition) is 1. The van der Waals surface area contributed by atoms with Gasteiger partial charge in [-0.15, -0.1) is 0 Å². The van der Waals surface area contributed by atoms with E-state index in [-0.39, 0.29) is 0 Å². The van der Waals surface area contributed by atoms with Gasteiger partial charge in [0, 0.05) is 5.69 Å². The highest BCUT2D eigenvalue weighted by Crippen LogP contribution is 2.28. The smallest absolute Gasteiger partial charge is 0.0536 e. The van der Waals surface area contributed by atoms with E-state index in [0.29, 0.717) is 12.0 Å². The van der Waals surface area contributed by atoms with Gasteiger partial charge in [0.2, 0.25) is 0 Å². The van der Waals surface area contributed by atoms with Crippen LogP contribution in [0.25, 0.3) is 0 Å². The summed E-state index contributed by atoms with van der Waals surface area (Å²) in [6.07, 6.45) is 2.30. The van der Waals surface area contributed by atoms with Gasteiger partial charge in [0.25, 0.3) is 0 Å². The third kappa shape index (κ3) is 3.63. The van der Waals surface area contributed by atoms with E-state index in [1.165, 1.54) is 23.2 Å². The molecule has 0 saturated heterocycles. The molecule has 0 saturated carbocycles. The van der Waals surface area contributed by atoms with Gasteiger partial charge in [-0.05, 0) is 29.5 Å². The number of nitrogens with one attached hydrogen (secondary N) is 1. The molecule has 0 bridgehead atoms. The second-order valence-corrected chi connectivity index (χ2v) is 5.68. The van der Waals surface area contributed by atoms with E-state index >= 15 is 0 Å². The Morgan fingerprint density at radius 1 is 0.900 bits per heavy atom. The maximum atomic E-state index is 3.75. The minimum absolute atomic E-state index is 0.356. The highest BCUT2D eigenvalue weighted by atomic mass is 14.9. The molecule has 0 aromatic heterocycles. The highest BCUT2D eigenvalue weighted by molar-refractivity contribution is 5.53. The molecule has 0 amide bonds. The molecular weight excluding hydrogens is 242 g/mol. The summed E-state index contributed by atoms with van der Waals surface area (Å²) in [5, 5.41) is 3.75. The molecule has 0 aliphatic rings. The lowest BCUT2D eigenvalue weighted by atomic mass is 9.95. The molecular formula is C19H25N. The van der Waals surface area contributed by atoms with E-state index in [4.69, 9.17) is 0 Å². The van der Waals surface area contributed by atoms with Gasteiger partial charge in [-0.2, -0.15) is 0 Å². The van der Waals surface area contributed by atoms with Crippen LogP contribution in [0.15, 0.2) is 54.6 Å². The van der Waals surface area contributed by atoms with Crippen LogP contribution in [0.5, 0.6) is 0 Å². The van der Waals surface area contributed by atoms with Crippen LogP contribution in [0, 0.1) is 5.92 Å². The first-order valence-electron chi connectivity index (χ1n) is 7.61. The summed E-state index contributed by atoms with van der Waals surface area (Å²) in [6, 6.07) is 19.7. The zero-order valence-corrected chi connectivity index (χ0v) is 12.8. The SMILES string of the molecule is CCCc1ccccc1NC(c1ccccc1)C(C)C. The predicted octanol–water partition coefficient (Wildman–Crippen LogP) is 5.45. The molecule has 1 nitrogen and oxygen atoms in total. The molecule has 2 rings (SSSR count). The Morgan fingerprint density at radius 3 is 2.20 bits per heavy atom. The van der Waals surface area contributed by atoms with Gasteiger partial charge in [-0.3, -0.25) is 0 Å². The van der Waals surface area contributed by atoms with Crippen molar-refractivity contribution in [2.24, 2.45) is 5.92 Å². The molecule has 0 aliphatic heterocycles. The second-order valence-electron chi connectivity index (χ2n) is 5.68. The quantitative estimate of drug-likeness (QED) is 0.734. The summed E-state index contributed by atoms with van der Waals surface area (Å²) in [6.45, 7) is 6.77. The van der Waals surface area contributed by atoms with Gasteiger partial charge in [-0.25, -0.2) is 0 Å². The molecule has 2 aromatic carbocycles. The van der Waals surface area contributed by atoms with Crippen molar-refractivity contribution in [3.63, 3.8) is 0 Å². The number of rotatable bonds is 6. The van der Waals surface area contributed by atoms with Crippen molar-refractivity contribution in [1.29, 1.82) is 0 Å². The molecule has 106 valence electrons. The van der Waals surface area contributed by atoms with E-state index in [9.17, 15) is 0 Å². The number of para-hydroxylation sites is 1. The number of aryl methyl sites for hydroxylation is 1. The normalized spacial score (nSPS) is 12.4. The van der Waals surface area contributed by atoms with Gasteiger partial charge in [-0.1, -0.05) is 75.7 Å². The molecule has 0 fully saturated rings. The van der Waals surface area contributed by atoms with Crippen molar-refractivity contribution in [3.05, 3.63) is 65.7 Å². The highest BCUT2D eigenvalue weighted by Gasteiger charge is 2.16. The molecule has 0 radical (unpaired) electrons. The largest absolute Gasteiger partial charge is 0.378 e. The van der Waals surface area contributed by atoms with E-state index in [2.05, 4.69) is 80.7 Å². The van der Waals surface area contributed by atoms with Gasteiger partial charge < -0.3 is 5.32 Å². The van der Waals surface area contributed by atoms with E-state index < -0.39 is 0 Å². The molecule has 0 spiro atoms. The number of anilines is 1. The Kier molecular flexibility index (Phi) is 5.23. The summed E-state index contributed by atoms with van der Waals surface area (Å²) in [5.41, 5.74) is 4.04. The van der Waals surface area contributed by atoms with Crippen molar-refractivity contribution < 1.29 is 0 Å². The summed E-state index contributed by atoms with van der Waals surface area (Å²) < 4.78 is 0. The first-order chi connectivity index (χ1) is 9.72. The predicted molar refractivity (Wildman–Crippen MR) is 88.1 cm³/mol. The Bertz CT molecular complexity index is 516. The summed E-state index contributed by atoms with van der Waals surface area (Å²) in [7, 11) is 0. The minimum Gasteiger partial charge on any atom is -0.378 e. The Balaban J connectivity index is 2.25. The van der Waals surface area contributed by atoms with Crippen molar-refractivity contribution in [1.82, 2.24) is 0 Å². The second kappa shape index (κ2) is 7.14. The maximum absolute atomic E-state index is 3.75. The Labute approximate surface area is 123 Å². The summed E-state index contributed by atoms with van der Waals surface area (Å²) >= 11 is 0. The zero-order chi connectivity index (χ0) is 14.4. The third-order valence-corrected chi connectivity index (χ3v) is 3.67. The molecule has 20 heavy (non-hydrogen) atoms. The molecule has 1 N–H and O–H groups in total. The van der Waals surface area contributed by atoms with Crippen molar-refractivity contribution >= 4 is 5.69 Å². The van der Waals surface area contributed by atoms with Crippen LogP contribution in [-0.4, -0.2) is 0 Å². The van der Waals surface area contributed by atoms with Gasteiger partial charge in [0.1, 0.15) is 0 Å². The topological polar surface area (TPSA) is 12.0 Å². The van der Waals surface area contributed by atoms with Crippen molar-refractivity contribution in [3.8, 4) is 0 Å². The number of benzene rings is 2. The van der Waals surface area contributed by atoms with Crippen LogP contribution >= 0.6 is 0 Å². The third-order valence-electron chi connectivity index (χ3n) is 3.67. The van der Waals surface area contributed by atoms with Crippen LogP contribution in [0.4, 0.5) is 5.69 Å².